The van der Waals surface area contributed by atoms with Crippen molar-refractivity contribution >= 4 is 17.0 Å². The minimum atomic E-state index is 0.539. The first-order valence-electron chi connectivity index (χ1n) is 6.97. The number of aryl methyl sites for hydroxylation is 1. The quantitative estimate of drug-likeness (QED) is 0.684. The van der Waals surface area contributed by atoms with Crippen molar-refractivity contribution < 1.29 is 4.74 Å². The Morgan fingerprint density at radius 1 is 1.10 bits per heavy atom. The van der Waals surface area contributed by atoms with Crippen LogP contribution >= 0.6 is 0 Å². The van der Waals surface area contributed by atoms with E-state index in [2.05, 4.69) is 23.7 Å². The Balaban J connectivity index is 1.85. The highest BCUT2D eigenvalue weighted by atomic mass is 16.5. The van der Waals surface area contributed by atoms with Crippen LogP contribution in [0, 0.1) is 6.92 Å². The van der Waals surface area contributed by atoms with Gasteiger partial charge in [0.05, 0.1) is 5.52 Å². The highest BCUT2D eigenvalue weighted by Crippen LogP contribution is 2.21. The maximum absolute atomic E-state index is 5.89. The van der Waals surface area contributed by atoms with Crippen LogP contribution in [0.4, 0.5) is 0 Å². The predicted octanol–water partition coefficient (Wildman–Crippen LogP) is 4.77. The molecule has 1 heterocycles. The third-order valence-corrected chi connectivity index (χ3v) is 3.44. The van der Waals surface area contributed by atoms with Crippen LogP contribution in [0.25, 0.3) is 17.0 Å². The third-order valence-electron chi connectivity index (χ3n) is 3.44. The van der Waals surface area contributed by atoms with Crippen molar-refractivity contribution in [3.63, 3.8) is 0 Å². The molecule has 1 aromatic heterocycles. The van der Waals surface area contributed by atoms with Crippen molar-refractivity contribution in [2.45, 2.75) is 13.5 Å². The molecule has 2 aromatic carbocycles. The second-order valence-corrected chi connectivity index (χ2v) is 5.00. The molecule has 0 saturated carbocycles. The molecule has 0 N–H and O–H groups in total. The second kappa shape index (κ2) is 5.80. The van der Waals surface area contributed by atoms with Gasteiger partial charge in [0.2, 0.25) is 0 Å². The molecule has 3 rings (SSSR count). The van der Waals surface area contributed by atoms with Crippen molar-refractivity contribution in [3.05, 3.63) is 78.0 Å². The van der Waals surface area contributed by atoms with E-state index in [1.807, 2.05) is 55.5 Å². The van der Waals surface area contributed by atoms with Crippen LogP contribution in [0.2, 0.25) is 0 Å². The first-order valence-corrected chi connectivity index (χ1v) is 6.97. The fourth-order valence-electron chi connectivity index (χ4n) is 2.38. The average Bonchev–Trinajstić information content (AvgIpc) is 2.53. The standard InChI is InChI=1S/C19H17NO/c1-3-15-8-10-17(11-9-15)21-13-16-12-14(2)20-19-7-5-4-6-18(16)19/h3-12H,1,13H2,2H3. The molecule has 0 bridgehead atoms. The maximum atomic E-state index is 5.89. The smallest absolute Gasteiger partial charge is 0.119 e. The maximum Gasteiger partial charge on any atom is 0.119 e. The lowest BCUT2D eigenvalue weighted by Crippen LogP contribution is -1.98. The van der Waals surface area contributed by atoms with Crippen LogP contribution in [0.5, 0.6) is 5.75 Å². The summed E-state index contributed by atoms with van der Waals surface area (Å²) < 4.78 is 5.89. The monoisotopic (exact) mass is 275 g/mol. The Bertz CT molecular complexity index is 775. The van der Waals surface area contributed by atoms with E-state index in [0.29, 0.717) is 6.61 Å². The van der Waals surface area contributed by atoms with Crippen molar-refractivity contribution in [3.8, 4) is 5.75 Å². The van der Waals surface area contributed by atoms with Crippen LogP contribution in [0.15, 0.2) is 61.2 Å². The van der Waals surface area contributed by atoms with Gasteiger partial charge in [0.15, 0.2) is 0 Å². The molecule has 3 aromatic rings. The van der Waals surface area contributed by atoms with Crippen molar-refractivity contribution in [2.75, 3.05) is 0 Å². The summed E-state index contributed by atoms with van der Waals surface area (Å²) in [5, 5.41) is 1.14. The molecule has 0 unspecified atom stereocenters. The Morgan fingerprint density at radius 3 is 2.62 bits per heavy atom. The first kappa shape index (κ1) is 13.4. The van der Waals surface area contributed by atoms with Crippen LogP contribution in [-0.2, 0) is 6.61 Å². The number of ether oxygens (including phenoxy) is 1. The van der Waals surface area contributed by atoms with Gasteiger partial charge in [0, 0.05) is 16.6 Å². The van der Waals surface area contributed by atoms with Gasteiger partial charge in [-0.2, -0.15) is 0 Å². The molecule has 0 fully saturated rings. The Morgan fingerprint density at radius 2 is 1.86 bits per heavy atom. The zero-order valence-electron chi connectivity index (χ0n) is 12.0. The molecular formula is C19H17NO. The number of fused-ring (bicyclic) bond motifs is 1. The van der Waals surface area contributed by atoms with Gasteiger partial charge in [-0.25, -0.2) is 0 Å². The Hall–Kier alpha value is -2.61. The summed E-state index contributed by atoms with van der Waals surface area (Å²) in [4.78, 5) is 4.55. The molecule has 0 spiro atoms. The Labute approximate surface area is 124 Å². The fraction of sp³-hybridized carbons (Fsp3) is 0.105. The lowest BCUT2D eigenvalue weighted by atomic mass is 10.1. The zero-order chi connectivity index (χ0) is 14.7. The Kier molecular flexibility index (Phi) is 3.69. The number of benzene rings is 2. The van der Waals surface area contributed by atoms with Crippen LogP contribution < -0.4 is 4.74 Å². The first-order chi connectivity index (χ1) is 10.3. The summed E-state index contributed by atoms with van der Waals surface area (Å²) in [6.07, 6.45) is 1.82. The van der Waals surface area contributed by atoms with E-state index < -0.39 is 0 Å². The average molecular weight is 275 g/mol. The highest BCUT2D eigenvalue weighted by Gasteiger charge is 2.04. The molecule has 0 atom stereocenters. The van der Waals surface area contributed by atoms with Gasteiger partial charge >= 0.3 is 0 Å². The van der Waals surface area contributed by atoms with Gasteiger partial charge in [-0.15, -0.1) is 0 Å². The molecule has 0 aliphatic carbocycles. The number of para-hydroxylation sites is 1. The van der Waals surface area contributed by atoms with E-state index in [-0.39, 0.29) is 0 Å². The van der Waals surface area contributed by atoms with Gasteiger partial charge in [-0.1, -0.05) is 43.0 Å². The topological polar surface area (TPSA) is 22.1 Å². The molecule has 0 amide bonds. The molecule has 0 aliphatic rings. The van der Waals surface area contributed by atoms with Gasteiger partial charge in [-0.05, 0) is 36.8 Å². The van der Waals surface area contributed by atoms with Gasteiger partial charge in [0.1, 0.15) is 12.4 Å². The highest BCUT2D eigenvalue weighted by molar-refractivity contribution is 5.82. The molecule has 2 heteroatoms. The van der Waals surface area contributed by atoms with Gasteiger partial charge in [-0.3, -0.25) is 4.98 Å². The van der Waals surface area contributed by atoms with E-state index in [1.165, 1.54) is 0 Å². The molecule has 21 heavy (non-hydrogen) atoms. The van der Waals surface area contributed by atoms with E-state index in [0.717, 1.165) is 33.5 Å². The third kappa shape index (κ3) is 2.95. The van der Waals surface area contributed by atoms with Crippen LogP contribution in [0.3, 0.4) is 0 Å². The summed E-state index contributed by atoms with van der Waals surface area (Å²) >= 11 is 0. The second-order valence-electron chi connectivity index (χ2n) is 5.00. The fourth-order valence-corrected chi connectivity index (χ4v) is 2.38. The molecule has 2 nitrogen and oxygen atoms in total. The number of nitrogens with zero attached hydrogens (tertiary/aromatic N) is 1. The van der Waals surface area contributed by atoms with Gasteiger partial charge in [0.25, 0.3) is 0 Å². The van der Waals surface area contributed by atoms with E-state index in [9.17, 15) is 0 Å². The molecule has 0 saturated heterocycles. The summed E-state index contributed by atoms with van der Waals surface area (Å²) in [5.74, 6) is 0.860. The zero-order valence-corrected chi connectivity index (χ0v) is 12.0. The SMILES string of the molecule is C=Cc1ccc(OCc2cc(C)nc3ccccc23)cc1. The molecule has 0 aliphatic heterocycles. The summed E-state index contributed by atoms with van der Waals surface area (Å²) in [7, 11) is 0. The molecular weight excluding hydrogens is 258 g/mol. The number of aromatic nitrogens is 1. The van der Waals surface area contributed by atoms with Crippen molar-refractivity contribution in [1.29, 1.82) is 0 Å². The molecule has 0 radical (unpaired) electrons. The predicted molar refractivity (Wildman–Crippen MR) is 87.3 cm³/mol. The van der Waals surface area contributed by atoms with Crippen LogP contribution in [0.1, 0.15) is 16.8 Å². The van der Waals surface area contributed by atoms with Crippen LogP contribution in [-0.4, -0.2) is 4.98 Å². The van der Waals surface area contributed by atoms with Gasteiger partial charge < -0.3 is 4.74 Å². The van der Waals surface area contributed by atoms with E-state index >= 15 is 0 Å². The number of hydrogen-bond acceptors (Lipinski definition) is 2. The summed E-state index contributed by atoms with van der Waals surface area (Å²) in [6.45, 7) is 6.30. The van der Waals surface area contributed by atoms with E-state index in [4.69, 9.17) is 4.74 Å². The number of pyridine rings is 1. The van der Waals surface area contributed by atoms with Crippen molar-refractivity contribution in [1.82, 2.24) is 4.98 Å². The van der Waals surface area contributed by atoms with Crippen molar-refractivity contribution in [2.24, 2.45) is 0 Å². The summed E-state index contributed by atoms with van der Waals surface area (Å²) in [5.41, 5.74) is 4.27. The molecule has 104 valence electrons. The van der Waals surface area contributed by atoms with E-state index in [1.54, 1.807) is 0 Å². The minimum Gasteiger partial charge on any atom is -0.489 e. The number of hydrogen-bond donors (Lipinski definition) is 0. The largest absolute Gasteiger partial charge is 0.489 e. The minimum absolute atomic E-state index is 0.539. The summed E-state index contributed by atoms with van der Waals surface area (Å²) in [6, 6.07) is 18.2. The number of rotatable bonds is 4. The normalized spacial score (nSPS) is 10.5. The lowest BCUT2D eigenvalue weighted by molar-refractivity contribution is 0.307. The lowest BCUT2D eigenvalue weighted by Gasteiger charge is -2.10.